The van der Waals surface area contributed by atoms with Gasteiger partial charge >= 0.3 is 0 Å². The lowest BCUT2D eigenvalue weighted by Crippen LogP contribution is -2.41. The summed E-state index contributed by atoms with van der Waals surface area (Å²) in [4.78, 5) is 2.72. The molecule has 2 heteroatoms. The van der Waals surface area contributed by atoms with Gasteiger partial charge in [-0.15, -0.1) is 0 Å². The molecule has 1 aliphatic carbocycles. The number of nitrogens with one attached hydrogen (secondary N) is 1. The molecular formula is C13H26N2. The first-order chi connectivity index (χ1) is 7.38. The zero-order valence-corrected chi connectivity index (χ0v) is 10.2. The maximum atomic E-state index is 3.49. The second-order valence-electron chi connectivity index (χ2n) is 5.28. The van der Waals surface area contributed by atoms with Gasteiger partial charge in [0, 0.05) is 19.1 Å². The van der Waals surface area contributed by atoms with Gasteiger partial charge in [-0.25, -0.2) is 0 Å². The summed E-state index contributed by atoms with van der Waals surface area (Å²) in [5.41, 5.74) is 0. The van der Waals surface area contributed by atoms with E-state index in [4.69, 9.17) is 0 Å². The van der Waals surface area contributed by atoms with Crippen LogP contribution in [-0.2, 0) is 0 Å². The van der Waals surface area contributed by atoms with Crippen LogP contribution in [0.4, 0.5) is 0 Å². The van der Waals surface area contributed by atoms with Crippen LogP contribution in [0.5, 0.6) is 0 Å². The van der Waals surface area contributed by atoms with Crippen LogP contribution in [0.2, 0.25) is 0 Å². The lowest BCUT2D eigenvalue weighted by atomic mass is 9.84. The molecule has 1 aliphatic heterocycles. The molecule has 0 aromatic carbocycles. The van der Waals surface area contributed by atoms with E-state index in [-0.39, 0.29) is 0 Å². The highest BCUT2D eigenvalue weighted by Gasteiger charge is 2.25. The minimum atomic E-state index is 0.824. The van der Waals surface area contributed by atoms with Crippen LogP contribution in [0, 0.1) is 5.92 Å². The summed E-state index contributed by atoms with van der Waals surface area (Å²) < 4.78 is 0. The van der Waals surface area contributed by atoms with E-state index in [1.54, 1.807) is 0 Å². The Morgan fingerprint density at radius 1 is 1.00 bits per heavy atom. The number of rotatable bonds is 2. The molecule has 1 saturated carbocycles. The van der Waals surface area contributed by atoms with E-state index in [0.29, 0.717) is 0 Å². The third kappa shape index (κ3) is 3.18. The summed E-state index contributed by atoms with van der Waals surface area (Å²) >= 11 is 0. The molecule has 0 radical (unpaired) electrons. The fourth-order valence-corrected chi connectivity index (χ4v) is 3.19. The fourth-order valence-electron chi connectivity index (χ4n) is 3.19. The number of hydrogen-bond donors (Lipinski definition) is 1. The van der Waals surface area contributed by atoms with Crippen molar-refractivity contribution in [2.75, 3.05) is 26.2 Å². The van der Waals surface area contributed by atoms with Gasteiger partial charge in [-0.3, -0.25) is 4.90 Å². The molecule has 1 heterocycles. The average Bonchev–Trinajstić information content (AvgIpc) is 2.58. The summed E-state index contributed by atoms with van der Waals surface area (Å²) in [7, 11) is 0. The van der Waals surface area contributed by atoms with Crippen LogP contribution < -0.4 is 5.32 Å². The molecule has 1 saturated heterocycles. The van der Waals surface area contributed by atoms with Gasteiger partial charge in [0.1, 0.15) is 0 Å². The zero-order valence-electron chi connectivity index (χ0n) is 10.2. The Morgan fingerprint density at radius 2 is 1.80 bits per heavy atom. The molecule has 0 aromatic heterocycles. The van der Waals surface area contributed by atoms with E-state index in [0.717, 1.165) is 12.0 Å². The summed E-state index contributed by atoms with van der Waals surface area (Å²) in [5.74, 6) is 0.983. The quantitative estimate of drug-likeness (QED) is 0.752. The first-order valence-corrected chi connectivity index (χ1v) is 6.82. The zero-order chi connectivity index (χ0) is 10.5. The molecule has 0 amide bonds. The van der Waals surface area contributed by atoms with Crippen molar-refractivity contribution in [2.24, 2.45) is 5.92 Å². The van der Waals surface area contributed by atoms with Crippen molar-refractivity contribution in [1.82, 2.24) is 10.2 Å². The van der Waals surface area contributed by atoms with Crippen LogP contribution in [0.25, 0.3) is 0 Å². The predicted octanol–water partition coefficient (Wildman–Crippen LogP) is 2.25. The van der Waals surface area contributed by atoms with E-state index >= 15 is 0 Å². The minimum absolute atomic E-state index is 0.824. The van der Waals surface area contributed by atoms with Crippen molar-refractivity contribution in [3.63, 3.8) is 0 Å². The predicted molar refractivity (Wildman–Crippen MR) is 65.1 cm³/mol. The molecule has 2 nitrogen and oxygen atoms in total. The first kappa shape index (κ1) is 11.4. The maximum absolute atomic E-state index is 3.49. The van der Waals surface area contributed by atoms with Gasteiger partial charge in [0.25, 0.3) is 0 Å². The normalized spacial score (nSPS) is 28.6. The Kier molecular flexibility index (Phi) is 4.45. The topological polar surface area (TPSA) is 15.3 Å². The Labute approximate surface area is 94.4 Å². The van der Waals surface area contributed by atoms with Gasteiger partial charge in [-0.2, -0.15) is 0 Å². The molecule has 2 rings (SSSR count). The van der Waals surface area contributed by atoms with Crippen molar-refractivity contribution in [1.29, 1.82) is 0 Å². The second kappa shape index (κ2) is 5.86. The van der Waals surface area contributed by atoms with Gasteiger partial charge in [0.15, 0.2) is 0 Å². The minimum Gasteiger partial charge on any atom is -0.315 e. The lowest BCUT2D eigenvalue weighted by Gasteiger charge is -2.35. The summed E-state index contributed by atoms with van der Waals surface area (Å²) in [6.07, 6.45) is 8.71. The third-order valence-corrected chi connectivity index (χ3v) is 4.28. The van der Waals surface area contributed by atoms with Crippen molar-refractivity contribution in [3.05, 3.63) is 0 Å². The molecule has 2 fully saturated rings. The smallest absolute Gasteiger partial charge is 0.0110 e. The van der Waals surface area contributed by atoms with E-state index in [9.17, 15) is 0 Å². The Balaban J connectivity index is 1.83. The van der Waals surface area contributed by atoms with Gasteiger partial charge < -0.3 is 5.32 Å². The number of hydrogen-bond acceptors (Lipinski definition) is 2. The van der Waals surface area contributed by atoms with Crippen LogP contribution >= 0.6 is 0 Å². The van der Waals surface area contributed by atoms with Gasteiger partial charge in [-0.05, 0) is 45.2 Å². The first-order valence-electron chi connectivity index (χ1n) is 6.82. The van der Waals surface area contributed by atoms with E-state index in [2.05, 4.69) is 17.1 Å². The second-order valence-corrected chi connectivity index (χ2v) is 5.28. The molecule has 0 aromatic rings. The highest BCUT2D eigenvalue weighted by molar-refractivity contribution is 4.80. The van der Waals surface area contributed by atoms with Gasteiger partial charge in [0.05, 0.1) is 0 Å². The Morgan fingerprint density at radius 3 is 2.60 bits per heavy atom. The Bertz CT molecular complexity index is 167. The van der Waals surface area contributed by atoms with E-state index < -0.39 is 0 Å². The van der Waals surface area contributed by atoms with Crippen molar-refractivity contribution in [3.8, 4) is 0 Å². The van der Waals surface area contributed by atoms with Crippen LogP contribution in [-0.4, -0.2) is 37.1 Å². The van der Waals surface area contributed by atoms with Crippen LogP contribution in [0.3, 0.4) is 0 Å². The molecule has 88 valence electrons. The molecule has 2 aliphatic rings. The fraction of sp³-hybridized carbons (Fsp3) is 1.00. The third-order valence-electron chi connectivity index (χ3n) is 4.28. The van der Waals surface area contributed by atoms with Crippen LogP contribution in [0.1, 0.15) is 45.4 Å². The number of nitrogens with zero attached hydrogens (tertiary/aromatic N) is 1. The lowest BCUT2D eigenvalue weighted by molar-refractivity contribution is 0.137. The molecule has 0 spiro atoms. The Hall–Kier alpha value is -0.0800. The largest absolute Gasteiger partial charge is 0.315 e. The maximum Gasteiger partial charge on any atom is 0.0110 e. The highest BCUT2D eigenvalue weighted by Crippen LogP contribution is 2.28. The average molecular weight is 210 g/mol. The van der Waals surface area contributed by atoms with Crippen molar-refractivity contribution < 1.29 is 0 Å². The summed E-state index contributed by atoms with van der Waals surface area (Å²) in [5, 5.41) is 3.49. The van der Waals surface area contributed by atoms with E-state index in [1.165, 1.54) is 64.7 Å². The molecule has 1 N–H and O–H groups in total. The molecule has 15 heavy (non-hydrogen) atoms. The van der Waals surface area contributed by atoms with E-state index in [1.807, 2.05) is 0 Å². The summed E-state index contributed by atoms with van der Waals surface area (Å²) in [6, 6.07) is 0.824. The van der Waals surface area contributed by atoms with Crippen LogP contribution in [0.15, 0.2) is 0 Å². The summed E-state index contributed by atoms with van der Waals surface area (Å²) in [6.45, 7) is 7.44. The van der Waals surface area contributed by atoms with Crippen molar-refractivity contribution in [2.45, 2.75) is 51.5 Å². The van der Waals surface area contributed by atoms with Gasteiger partial charge in [0.2, 0.25) is 0 Å². The highest BCUT2D eigenvalue weighted by atomic mass is 15.2. The molecule has 0 bridgehead atoms. The monoisotopic (exact) mass is 210 g/mol. The molecule has 1 atom stereocenters. The standard InChI is InChI=1S/C13H26N2/c1-12(13-6-3-2-4-7-13)15-10-5-8-14-9-11-15/h12-14H,2-11H2,1H3. The molecule has 1 unspecified atom stereocenters. The van der Waals surface area contributed by atoms with Crippen molar-refractivity contribution >= 4 is 0 Å². The SMILES string of the molecule is CC(C1CCCCC1)N1CCCNCC1. The molecular weight excluding hydrogens is 184 g/mol. The van der Waals surface area contributed by atoms with Gasteiger partial charge in [-0.1, -0.05) is 19.3 Å².